The van der Waals surface area contributed by atoms with Crippen LogP contribution >= 0.6 is 35.3 Å². The van der Waals surface area contributed by atoms with E-state index in [0.29, 0.717) is 0 Å². The molecular formula is C22H31FIN3OS. The quantitative estimate of drug-likeness (QED) is 0.323. The average Bonchev–Trinajstić information content (AvgIpc) is 3.25. The zero-order valence-electron chi connectivity index (χ0n) is 17.3. The number of hydrogen-bond donors (Lipinski definition) is 2. The van der Waals surface area contributed by atoms with Gasteiger partial charge in [0.25, 0.3) is 0 Å². The zero-order valence-corrected chi connectivity index (χ0v) is 20.5. The van der Waals surface area contributed by atoms with Crippen LogP contribution in [0, 0.1) is 5.82 Å². The second-order valence-corrected chi connectivity index (χ2v) is 8.99. The van der Waals surface area contributed by atoms with Crippen LogP contribution in [-0.4, -0.2) is 39.3 Å². The number of guanidine groups is 1. The Morgan fingerprint density at radius 2 is 1.86 bits per heavy atom. The van der Waals surface area contributed by atoms with E-state index in [1.165, 1.54) is 4.88 Å². The van der Waals surface area contributed by atoms with Crippen molar-refractivity contribution in [3.05, 3.63) is 58.0 Å². The Morgan fingerprint density at radius 3 is 2.45 bits per heavy atom. The third-order valence-corrected chi connectivity index (χ3v) is 6.85. The van der Waals surface area contributed by atoms with Gasteiger partial charge in [0.05, 0.1) is 0 Å². The number of nitrogens with one attached hydrogen (secondary N) is 2. The molecule has 0 spiro atoms. The van der Waals surface area contributed by atoms with Gasteiger partial charge in [-0.2, -0.15) is 0 Å². The van der Waals surface area contributed by atoms with Gasteiger partial charge < -0.3 is 15.4 Å². The molecular weight excluding hydrogens is 500 g/mol. The van der Waals surface area contributed by atoms with Crippen molar-refractivity contribution in [2.75, 3.05) is 33.4 Å². The lowest BCUT2D eigenvalue weighted by Crippen LogP contribution is -2.49. The van der Waals surface area contributed by atoms with E-state index in [2.05, 4.69) is 47.0 Å². The lowest BCUT2D eigenvalue weighted by Gasteiger charge is -2.38. The summed E-state index contributed by atoms with van der Waals surface area (Å²) in [7, 11) is 1.79. The molecule has 0 aliphatic carbocycles. The summed E-state index contributed by atoms with van der Waals surface area (Å²) < 4.78 is 19.0. The molecule has 0 unspecified atom stereocenters. The number of halogens is 2. The SMILES string of the molecule is CN=C(NCC(C)(C)c1cccs1)NCC1(c2ccc(F)cc2)CCOCC1.I. The van der Waals surface area contributed by atoms with E-state index >= 15 is 0 Å². The van der Waals surface area contributed by atoms with Crippen LogP contribution < -0.4 is 10.6 Å². The van der Waals surface area contributed by atoms with Crippen molar-refractivity contribution >= 4 is 41.3 Å². The second-order valence-electron chi connectivity index (χ2n) is 8.04. The summed E-state index contributed by atoms with van der Waals surface area (Å²) in [6, 6.07) is 11.2. The van der Waals surface area contributed by atoms with E-state index in [9.17, 15) is 4.39 Å². The maximum atomic E-state index is 13.4. The third kappa shape index (κ3) is 6.15. The Morgan fingerprint density at radius 1 is 1.17 bits per heavy atom. The Bertz CT molecular complexity index is 772. The summed E-state index contributed by atoms with van der Waals surface area (Å²) >= 11 is 1.78. The summed E-state index contributed by atoms with van der Waals surface area (Å²) in [4.78, 5) is 5.75. The van der Waals surface area contributed by atoms with Gasteiger partial charge in [-0.15, -0.1) is 35.3 Å². The molecule has 2 N–H and O–H groups in total. The molecule has 1 saturated heterocycles. The van der Waals surface area contributed by atoms with E-state index in [0.717, 1.165) is 50.7 Å². The van der Waals surface area contributed by atoms with Gasteiger partial charge in [0, 0.05) is 49.1 Å². The van der Waals surface area contributed by atoms with Gasteiger partial charge in [-0.1, -0.05) is 32.0 Å². The van der Waals surface area contributed by atoms with Crippen molar-refractivity contribution < 1.29 is 9.13 Å². The molecule has 3 rings (SSSR count). The fourth-order valence-corrected chi connectivity index (χ4v) is 4.51. The minimum atomic E-state index is -0.202. The molecule has 2 heterocycles. The molecule has 1 aliphatic rings. The average molecular weight is 531 g/mol. The van der Waals surface area contributed by atoms with Crippen LogP contribution in [0.3, 0.4) is 0 Å². The van der Waals surface area contributed by atoms with E-state index in [1.807, 2.05) is 12.1 Å². The molecule has 0 amide bonds. The molecule has 4 nitrogen and oxygen atoms in total. The molecule has 0 atom stereocenters. The number of ether oxygens (including phenoxy) is 1. The normalized spacial score (nSPS) is 16.8. The summed E-state index contributed by atoms with van der Waals surface area (Å²) in [6.07, 6.45) is 1.81. The van der Waals surface area contributed by atoms with Gasteiger partial charge in [-0.25, -0.2) is 4.39 Å². The molecule has 29 heavy (non-hydrogen) atoms. The highest BCUT2D eigenvalue weighted by molar-refractivity contribution is 14.0. The van der Waals surface area contributed by atoms with Crippen molar-refractivity contribution in [3.63, 3.8) is 0 Å². The first kappa shape index (κ1) is 24.1. The number of thiophene rings is 1. The van der Waals surface area contributed by atoms with E-state index in [4.69, 9.17) is 4.74 Å². The Balaban J connectivity index is 0.00000300. The monoisotopic (exact) mass is 531 g/mol. The first-order chi connectivity index (χ1) is 13.5. The number of aliphatic imine (C=N–C) groups is 1. The van der Waals surface area contributed by atoms with Crippen LogP contribution in [0.5, 0.6) is 0 Å². The molecule has 1 aliphatic heterocycles. The molecule has 160 valence electrons. The number of benzene rings is 1. The van der Waals surface area contributed by atoms with Gasteiger partial charge in [0.15, 0.2) is 5.96 Å². The molecule has 1 aromatic heterocycles. The van der Waals surface area contributed by atoms with Crippen LogP contribution in [0.2, 0.25) is 0 Å². The number of hydrogen-bond acceptors (Lipinski definition) is 3. The topological polar surface area (TPSA) is 45.7 Å². The predicted molar refractivity (Wildman–Crippen MR) is 130 cm³/mol. The van der Waals surface area contributed by atoms with Crippen molar-refractivity contribution in [1.29, 1.82) is 0 Å². The molecule has 1 fully saturated rings. The highest BCUT2D eigenvalue weighted by Gasteiger charge is 2.34. The van der Waals surface area contributed by atoms with Crippen molar-refractivity contribution in [2.24, 2.45) is 4.99 Å². The first-order valence-corrected chi connectivity index (χ1v) is 10.7. The molecule has 2 aromatic rings. The van der Waals surface area contributed by atoms with Gasteiger partial charge in [-0.05, 0) is 42.0 Å². The van der Waals surface area contributed by atoms with Gasteiger partial charge >= 0.3 is 0 Å². The predicted octanol–water partition coefficient (Wildman–Crippen LogP) is 4.70. The lowest BCUT2D eigenvalue weighted by atomic mass is 9.74. The molecule has 0 bridgehead atoms. The van der Waals surface area contributed by atoms with Crippen LogP contribution in [0.25, 0.3) is 0 Å². The lowest BCUT2D eigenvalue weighted by molar-refractivity contribution is 0.0513. The molecule has 0 radical (unpaired) electrons. The van der Waals surface area contributed by atoms with E-state index in [-0.39, 0.29) is 40.6 Å². The Kier molecular flexibility index (Phi) is 8.91. The maximum absolute atomic E-state index is 13.4. The van der Waals surface area contributed by atoms with Crippen LogP contribution in [0.1, 0.15) is 37.1 Å². The summed E-state index contributed by atoms with van der Waals surface area (Å²) in [5.74, 6) is 0.588. The number of rotatable bonds is 6. The van der Waals surface area contributed by atoms with Gasteiger partial charge in [0.2, 0.25) is 0 Å². The van der Waals surface area contributed by atoms with Crippen LogP contribution in [0.15, 0.2) is 46.8 Å². The highest BCUT2D eigenvalue weighted by Crippen LogP contribution is 2.34. The standard InChI is InChI=1S/C22H30FN3OS.HI/c1-21(2,19-5-4-14-28-19)15-25-20(24-3)26-16-22(10-12-27-13-11-22)17-6-8-18(23)9-7-17;/h4-9,14H,10-13,15-16H2,1-3H3,(H2,24,25,26);1H. The first-order valence-electron chi connectivity index (χ1n) is 9.78. The second kappa shape index (κ2) is 10.7. The van der Waals surface area contributed by atoms with E-state index in [1.54, 1.807) is 30.5 Å². The largest absolute Gasteiger partial charge is 0.381 e. The summed E-state index contributed by atoms with van der Waals surface area (Å²) in [5.41, 5.74) is 1.10. The molecule has 7 heteroatoms. The van der Waals surface area contributed by atoms with Crippen molar-refractivity contribution in [2.45, 2.75) is 37.5 Å². The Labute approximate surface area is 194 Å². The smallest absolute Gasteiger partial charge is 0.191 e. The van der Waals surface area contributed by atoms with Crippen molar-refractivity contribution in [3.8, 4) is 0 Å². The van der Waals surface area contributed by atoms with E-state index < -0.39 is 0 Å². The highest BCUT2D eigenvalue weighted by atomic mass is 127. The van der Waals surface area contributed by atoms with Crippen LogP contribution in [-0.2, 0) is 15.6 Å². The fourth-order valence-electron chi connectivity index (χ4n) is 3.66. The fraction of sp³-hybridized carbons (Fsp3) is 0.500. The van der Waals surface area contributed by atoms with Gasteiger partial charge in [-0.3, -0.25) is 4.99 Å². The Hall–Kier alpha value is -1.19. The zero-order chi connectivity index (χ0) is 20.0. The molecule has 0 saturated carbocycles. The summed E-state index contributed by atoms with van der Waals surface area (Å²) in [6.45, 7) is 7.43. The molecule has 1 aromatic carbocycles. The van der Waals surface area contributed by atoms with Crippen LogP contribution in [0.4, 0.5) is 4.39 Å². The third-order valence-electron chi connectivity index (χ3n) is 5.61. The van der Waals surface area contributed by atoms with Gasteiger partial charge in [0.1, 0.15) is 5.82 Å². The number of nitrogens with zero attached hydrogens (tertiary/aromatic N) is 1. The maximum Gasteiger partial charge on any atom is 0.191 e. The minimum absolute atomic E-state index is 0. The van der Waals surface area contributed by atoms with Crippen molar-refractivity contribution in [1.82, 2.24) is 10.6 Å². The summed E-state index contributed by atoms with van der Waals surface area (Å²) in [5, 5.41) is 9.09. The minimum Gasteiger partial charge on any atom is -0.381 e.